The third kappa shape index (κ3) is 1.80. The largest absolute Gasteiger partial charge is 0.395 e. The number of hydrogen-bond acceptors (Lipinski definition) is 3. The van der Waals surface area contributed by atoms with Crippen LogP contribution in [0.1, 0.15) is 0 Å². The Morgan fingerprint density at radius 1 is 1.29 bits per heavy atom. The molecule has 74 valence electrons. The van der Waals surface area contributed by atoms with Gasteiger partial charge in [0, 0.05) is 5.02 Å². The summed E-state index contributed by atoms with van der Waals surface area (Å²) in [6, 6.07) is 7.38. The molecule has 14 heavy (non-hydrogen) atoms. The second-order valence-corrected chi connectivity index (χ2v) is 3.47. The van der Waals surface area contributed by atoms with Crippen LogP contribution in [-0.4, -0.2) is 5.88 Å². The van der Waals surface area contributed by atoms with E-state index in [1.54, 1.807) is 11.3 Å². The van der Waals surface area contributed by atoms with Crippen molar-refractivity contribution in [3.8, 4) is 0 Å². The Bertz CT molecular complexity index is 350. The second kappa shape index (κ2) is 4.09. The summed E-state index contributed by atoms with van der Waals surface area (Å²) in [5, 5.41) is 2.45. The summed E-state index contributed by atoms with van der Waals surface area (Å²) in [7, 11) is 0. The molecular formula is C9H8Cl2N2O. The van der Waals surface area contributed by atoms with Crippen molar-refractivity contribution in [3.63, 3.8) is 0 Å². The number of allylic oxidation sites excluding steroid dienone is 1. The molecule has 0 saturated carbocycles. The molecule has 0 spiro atoms. The molecule has 2 rings (SSSR count). The molecule has 1 aliphatic heterocycles. The van der Waals surface area contributed by atoms with Crippen LogP contribution in [0.3, 0.4) is 0 Å². The minimum atomic E-state index is 0.385. The Hall–Kier alpha value is -0.900. The van der Waals surface area contributed by atoms with Gasteiger partial charge in [0.2, 0.25) is 0 Å². The number of nitrogens with zero attached hydrogens (tertiary/aromatic N) is 1. The Labute approximate surface area is 91.8 Å². The minimum absolute atomic E-state index is 0.385. The third-order valence-electron chi connectivity index (χ3n) is 1.85. The number of benzene rings is 1. The predicted octanol–water partition coefficient (Wildman–Crippen LogP) is 2.68. The molecule has 0 radical (unpaired) electrons. The lowest BCUT2D eigenvalue weighted by atomic mass is 10.3. The molecule has 0 fully saturated rings. The molecule has 0 aliphatic carbocycles. The zero-order chi connectivity index (χ0) is 9.97. The zero-order valence-electron chi connectivity index (χ0n) is 7.21. The van der Waals surface area contributed by atoms with Gasteiger partial charge in [0.05, 0.1) is 17.3 Å². The van der Waals surface area contributed by atoms with Crippen molar-refractivity contribution in [3.05, 3.63) is 41.2 Å². The first kappa shape index (κ1) is 9.65. The lowest BCUT2D eigenvalue weighted by molar-refractivity contribution is 0.159. The number of hydrogen-bond donors (Lipinski definition) is 1. The van der Waals surface area contributed by atoms with E-state index in [-0.39, 0.29) is 0 Å². The molecule has 5 heteroatoms. The molecule has 0 atom stereocenters. The number of nitrogens with one attached hydrogen (secondary N) is 1. The van der Waals surface area contributed by atoms with Gasteiger partial charge in [-0.15, -0.1) is 11.6 Å². The van der Waals surface area contributed by atoms with Gasteiger partial charge in [-0.05, 0) is 24.3 Å². The summed E-state index contributed by atoms with van der Waals surface area (Å²) < 4.78 is 0. The van der Waals surface area contributed by atoms with E-state index < -0.39 is 0 Å². The van der Waals surface area contributed by atoms with Crippen LogP contribution in [0, 0.1) is 0 Å². The van der Waals surface area contributed by atoms with Crippen molar-refractivity contribution in [1.82, 2.24) is 5.59 Å². The Morgan fingerprint density at radius 3 is 2.64 bits per heavy atom. The smallest absolute Gasteiger partial charge is 0.136 e. The summed E-state index contributed by atoms with van der Waals surface area (Å²) in [6.45, 7) is 0. The van der Waals surface area contributed by atoms with Gasteiger partial charge in [-0.2, -0.15) is 0 Å². The molecular weight excluding hydrogens is 223 g/mol. The Kier molecular flexibility index (Phi) is 2.82. The summed E-state index contributed by atoms with van der Waals surface area (Å²) in [5.41, 5.74) is 4.49. The maximum absolute atomic E-state index is 5.78. The monoisotopic (exact) mass is 230 g/mol. The van der Waals surface area contributed by atoms with E-state index in [2.05, 4.69) is 5.59 Å². The highest BCUT2D eigenvalue weighted by atomic mass is 35.5. The van der Waals surface area contributed by atoms with Crippen LogP contribution in [-0.2, 0) is 4.84 Å². The molecule has 1 aliphatic rings. The first-order valence-corrected chi connectivity index (χ1v) is 4.94. The lowest BCUT2D eigenvalue weighted by Crippen LogP contribution is -2.31. The molecule has 1 heterocycles. The summed E-state index contributed by atoms with van der Waals surface area (Å²) >= 11 is 11.5. The molecule has 1 aromatic carbocycles. The van der Waals surface area contributed by atoms with E-state index in [0.29, 0.717) is 10.9 Å². The van der Waals surface area contributed by atoms with E-state index in [9.17, 15) is 0 Å². The van der Waals surface area contributed by atoms with E-state index in [1.165, 1.54) is 0 Å². The van der Waals surface area contributed by atoms with Crippen molar-refractivity contribution in [2.75, 3.05) is 10.9 Å². The standard InChI is InChI=1S/C9H8Cl2N2O/c10-5-9-6-14-12-13(9)8-3-1-7(11)2-4-8/h1-4,6,12H,5H2. The fourth-order valence-electron chi connectivity index (χ4n) is 1.16. The molecule has 1 N–H and O–H groups in total. The number of alkyl halides is 1. The fraction of sp³-hybridized carbons (Fsp3) is 0.111. The molecule has 0 amide bonds. The quantitative estimate of drug-likeness (QED) is 0.792. The van der Waals surface area contributed by atoms with Crippen LogP contribution >= 0.6 is 23.2 Å². The Morgan fingerprint density at radius 2 is 2.00 bits per heavy atom. The van der Waals surface area contributed by atoms with E-state index in [0.717, 1.165) is 11.4 Å². The van der Waals surface area contributed by atoms with E-state index in [1.807, 2.05) is 24.3 Å². The number of rotatable bonds is 2. The maximum Gasteiger partial charge on any atom is 0.136 e. The van der Waals surface area contributed by atoms with Gasteiger partial charge in [0.25, 0.3) is 0 Å². The number of halogens is 2. The first-order chi connectivity index (χ1) is 6.81. The van der Waals surface area contributed by atoms with Crippen molar-refractivity contribution in [2.45, 2.75) is 0 Å². The van der Waals surface area contributed by atoms with Crippen molar-refractivity contribution < 1.29 is 4.84 Å². The third-order valence-corrected chi connectivity index (χ3v) is 2.37. The maximum atomic E-state index is 5.78. The van der Waals surface area contributed by atoms with Crippen molar-refractivity contribution in [1.29, 1.82) is 0 Å². The van der Waals surface area contributed by atoms with Gasteiger partial charge in [0.1, 0.15) is 6.26 Å². The van der Waals surface area contributed by atoms with Crippen LogP contribution < -0.4 is 10.6 Å². The van der Waals surface area contributed by atoms with Crippen molar-refractivity contribution in [2.24, 2.45) is 0 Å². The van der Waals surface area contributed by atoms with E-state index in [4.69, 9.17) is 28.0 Å². The molecule has 0 bridgehead atoms. The highest BCUT2D eigenvalue weighted by molar-refractivity contribution is 6.30. The normalized spacial score (nSPS) is 15.3. The van der Waals surface area contributed by atoms with Crippen LogP contribution in [0.4, 0.5) is 5.69 Å². The fourth-order valence-corrected chi connectivity index (χ4v) is 1.47. The number of hydrazine groups is 1. The molecule has 3 nitrogen and oxygen atoms in total. The highest BCUT2D eigenvalue weighted by Crippen LogP contribution is 2.22. The molecule has 0 aromatic heterocycles. The molecule has 1 aromatic rings. The van der Waals surface area contributed by atoms with Crippen LogP contribution in [0.5, 0.6) is 0 Å². The predicted molar refractivity (Wildman–Crippen MR) is 57.0 cm³/mol. The van der Waals surface area contributed by atoms with Gasteiger partial charge in [0.15, 0.2) is 0 Å². The second-order valence-electron chi connectivity index (χ2n) is 2.76. The topological polar surface area (TPSA) is 24.5 Å². The first-order valence-electron chi connectivity index (χ1n) is 4.03. The van der Waals surface area contributed by atoms with Crippen LogP contribution in [0.2, 0.25) is 5.02 Å². The summed E-state index contributed by atoms with van der Waals surface area (Å²) in [5.74, 6) is 0.385. The van der Waals surface area contributed by atoms with Gasteiger partial charge < -0.3 is 4.84 Å². The highest BCUT2D eigenvalue weighted by Gasteiger charge is 2.16. The van der Waals surface area contributed by atoms with Crippen LogP contribution in [0.25, 0.3) is 0 Å². The summed E-state index contributed by atoms with van der Waals surface area (Å²) in [6.07, 6.45) is 1.57. The molecule has 0 unspecified atom stereocenters. The average Bonchev–Trinajstić information content (AvgIpc) is 2.67. The van der Waals surface area contributed by atoms with Crippen molar-refractivity contribution >= 4 is 28.9 Å². The van der Waals surface area contributed by atoms with Gasteiger partial charge in [-0.1, -0.05) is 17.2 Å². The number of anilines is 1. The molecule has 0 saturated heterocycles. The zero-order valence-corrected chi connectivity index (χ0v) is 8.72. The average molecular weight is 231 g/mol. The van der Waals surface area contributed by atoms with Gasteiger partial charge >= 0.3 is 0 Å². The lowest BCUT2D eigenvalue weighted by Gasteiger charge is -2.18. The Balaban J connectivity index is 2.23. The van der Waals surface area contributed by atoms with Gasteiger partial charge in [-0.25, -0.2) is 5.01 Å². The van der Waals surface area contributed by atoms with E-state index >= 15 is 0 Å². The summed E-state index contributed by atoms with van der Waals surface area (Å²) in [4.78, 5) is 4.94. The van der Waals surface area contributed by atoms with Crippen LogP contribution in [0.15, 0.2) is 36.2 Å². The SMILES string of the molecule is ClCC1=CONN1c1ccc(Cl)cc1. The van der Waals surface area contributed by atoms with Gasteiger partial charge in [-0.3, -0.25) is 0 Å². The minimum Gasteiger partial charge on any atom is -0.395 e.